The van der Waals surface area contributed by atoms with Crippen molar-refractivity contribution >= 4 is 46.6 Å². The lowest BCUT2D eigenvalue weighted by atomic mass is 9.86. The van der Waals surface area contributed by atoms with E-state index in [1.807, 2.05) is 13.0 Å². The van der Waals surface area contributed by atoms with E-state index < -0.39 is 13.7 Å². The molecule has 0 saturated heterocycles. The second kappa shape index (κ2) is 10.0. The van der Waals surface area contributed by atoms with E-state index in [9.17, 15) is 4.79 Å². The number of benzene rings is 3. The number of hydrogen-bond acceptors (Lipinski definition) is 3. The Labute approximate surface area is 219 Å². The van der Waals surface area contributed by atoms with Gasteiger partial charge in [-0.2, -0.15) is 0 Å². The molecule has 3 aromatic rings. The van der Waals surface area contributed by atoms with Gasteiger partial charge in [0.05, 0.1) is 5.41 Å². The third-order valence-corrected chi connectivity index (χ3v) is 12.7. The van der Waals surface area contributed by atoms with E-state index in [2.05, 4.69) is 121 Å². The van der Waals surface area contributed by atoms with Crippen molar-refractivity contribution < 1.29 is 9.22 Å². The molecule has 1 aliphatic rings. The van der Waals surface area contributed by atoms with Gasteiger partial charge < -0.3 is 14.1 Å². The van der Waals surface area contributed by atoms with Crippen LogP contribution in [0, 0.1) is 5.92 Å². The molecule has 5 heteroatoms. The first-order chi connectivity index (χ1) is 16.6. The van der Waals surface area contributed by atoms with Gasteiger partial charge >= 0.3 is 0 Å². The molecule has 4 rings (SSSR count). The van der Waals surface area contributed by atoms with Crippen LogP contribution in [-0.2, 0) is 14.6 Å². The van der Waals surface area contributed by atoms with Crippen LogP contribution in [0.15, 0.2) is 83.3 Å². The Kier molecular flexibility index (Phi) is 7.42. The maximum absolute atomic E-state index is 12.0. The zero-order valence-corrected chi connectivity index (χ0v) is 24.0. The SMILES string of the molecule is C[C@H](CO[Si](c1ccccc1)(c1ccccc1)C(C)(C)C)CN1CC(C)(C=O)c2ccc(Br)cc21. The molecule has 0 spiro atoms. The zero-order chi connectivity index (χ0) is 25.3. The molecule has 0 radical (unpaired) electrons. The minimum Gasteiger partial charge on any atom is -0.407 e. The van der Waals surface area contributed by atoms with E-state index in [0.717, 1.165) is 28.6 Å². The lowest BCUT2D eigenvalue weighted by Crippen LogP contribution is -2.67. The number of hydrogen-bond donors (Lipinski definition) is 0. The Morgan fingerprint density at radius 2 is 1.60 bits per heavy atom. The summed E-state index contributed by atoms with van der Waals surface area (Å²) in [7, 11) is -2.57. The van der Waals surface area contributed by atoms with Crippen molar-refractivity contribution in [1.82, 2.24) is 0 Å². The van der Waals surface area contributed by atoms with Gasteiger partial charge in [-0.05, 0) is 45.9 Å². The first kappa shape index (κ1) is 25.9. The number of nitrogens with zero attached hydrogens (tertiary/aromatic N) is 1. The minimum absolute atomic E-state index is 0.0450. The van der Waals surface area contributed by atoms with Crippen LogP contribution in [0.3, 0.4) is 0 Å². The summed E-state index contributed by atoms with van der Waals surface area (Å²) in [5.41, 5.74) is 1.77. The highest BCUT2D eigenvalue weighted by atomic mass is 79.9. The Morgan fingerprint density at radius 1 is 1.03 bits per heavy atom. The summed E-state index contributed by atoms with van der Waals surface area (Å²) in [5, 5.41) is 2.56. The van der Waals surface area contributed by atoms with Crippen LogP contribution in [-0.4, -0.2) is 34.3 Å². The molecule has 0 amide bonds. The molecular weight excluding hydrogens is 514 g/mol. The minimum atomic E-state index is -2.57. The summed E-state index contributed by atoms with van der Waals surface area (Å²) in [6.45, 7) is 13.4. The predicted octanol–water partition coefficient (Wildman–Crippen LogP) is 5.94. The first-order valence-corrected chi connectivity index (χ1v) is 15.1. The second-order valence-corrected chi connectivity index (χ2v) is 16.4. The molecular formula is C30H36BrNO2Si. The van der Waals surface area contributed by atoms with Crippen molar-refractivity contribution in [3.63, 3.8) is 0 Å². The molecule has 184 valence electrons. The van der Waals surface area contributed by atoms with Crippen LogP contribution in [0.2, 0.25) is 5.04 Å². The summed E-state index contributed by atoms with van der Waals surface area (Å²) >= 11 is 3.61. The molecule has 0 fully saturated rings. The summed E-state index contributed by atoms with van der Waals surface area (Å²) in [6.07, 6.45) is 1.10. The van der Waals surface area contributed by atoms with Gasteiger partial charge in [-0.15, -0.1) is 0 Å². The van der Waals surface area contributed by atoms with E-state index in [0.29, 0.717) is 13.2 Å². The fourth-order valence-corrected chi connectivity index (χ4v) is 10.6. The second-order valence-electron chi connectivity index (χ2n) is 11.2. The quantitative estimate of drug-likeness (QED) is 0.257. The maximum Gasteiger partial charge on any atom is 0.261 e. The van der Waals surface area contributed by atoms with Gasteiger partial charge in [-0.3, -0.25) is 0 Å². The van der Waals surface area contributed by atoms with Gasteiger partial charge in [-0.1, -0.05) is 110 Å². The van der Waals surface area contributed by atoms with Gasteiger partial charge in [0.15, 0.2) is 0 Å². The van der Waals surface area contributed by atoms with Crippen molar-refractivity contribution in [2.45, 2.75) is 45.1 Å². The topological polar surface area (TPSA) is 29.5 Å². The number of rotatable bonds is 8. The van der Waals surface area contributed by atoms with Crippen LogP contribution >= 0.6 is 15.9 Å². The molecule has 1 heterocycles. The third-order valence-electron chi connectivity index (χ3n) is 7.23. The maximum atomic E-state index is 12.0. The number of halogens is 1. The van der Waals surface area contributed by atoms with Crippen LogP contribution in [0.4, 0.5) is 5.69 Å². The van der Waals surface area contributed by atoms with Crippen LogP contribution in [0.1, 0.15) is 40.2 Å². The van der Waals surface area contributed by atoms with E-state index in [-0.39, 0.29) is 11.0 Å². The van der Waals surface area contributed by atoms with Gasteiger partial charge in [0.2, 0.25) is 0 Å². The Hall–Kier alpha value is -2.21. The van der Waals surface area contributed by atoms with Gasteiger partial charge in [-0.25, -0.2) is 0 Å². The average molecular weight is 551 g/mol. The molecule has 0 saturated carbocycles. The molecule has 1 unspecified atom stereocenters. The van der Waals surface area contributed by atoms with Crippen LogP contribution in [0.25, 0.3) is 0 Å². The van der Waals surface area contributed by atoms with Crippen molar-refractivity contribution in [3.8, 4) is 0 Å². The summed E-state index contributed by atoms with van der Waals surface area (Å²) in [5.74, 6) is 0.289. The van der Waals surface area contributed by atoms with Gasteiger partial charge in [0, 0.05) is 29.9 Å². The molecule has 2 atom stereocenters. The molecule has 3 nitrogen and oxygen atoms in total. The number of anilines is 1. The first-order valence-electron chi connectivity index (χ1n) is 12.4. The lowest BCUT2D eigenvalue weighted by molar-refractivity contribution is -0.111. The standard InChI is InChI=1S/C30H36BrNO2Si/c1-23(19-32-21-30(5,22-33)27-17-16-24(31)18-28(27)32)20-34-35(29(2,3)4,25-12-8-6-9-13-25)26-14-10-7-11-15-26/h6-18,22-23H,19-21H2,1-5H3/t23-,30?/m0/s1. The van der Waals surface area contributed by atoms with E-state index >= 15 is 0 Å². The number of fused-ring (bicyclic) bond motifs is 1. The molecule has 35 heavy (non-hydrogen) atoms. The monoisotopic (exact) mass is 549 g/mol. The zero-order valence-electron chi connectivity index (χ0n) is 21.4. The summed E-state index contributed by atoms with van der Waals surface area (Å²) < 4.78 is 8.20. The van der Waals surface area contributed by atoms with Crippen molar-refractivity contribution in [1.29, 1.82) is 0 Å². The largest absolute Gasteiger partial charge is 0.407 e. The lowest BCUT2D eigenvalue weighted by Gasteiger charge is -2.43. The molecule has 1 aliphatic heterocycles. The summed E-state index contributed by atoms with van der Waals surface area (Å²) in [6, 6.07) is 27.8. The average Bonchev–Trinajstić information content (AvgIpc) is 3.11. The predicted molar refractivity (Wildman–Crippen MR) is 153 cm³/mol. The van der Waals surface area contributed by atoms with E-state index in [4.69, 9.17) is 4.43 Å². The van der Waals surface area contributed by atoms with E-state index in [1.165, 1.54) is 10.4 Å². The number of carbonyl (C=O) groups excluding carboxylic acids is 1. The van der Waals surface area contributed by atoms with Crippen molar-refractivity contribution in [3.05, 3.63) is 88.9 Å². The van der Waals surface area contributed by atoms with E-state index in [1.54, 1.807) is 0 Å². The Bertz CT molecular complexity index is 1120. The highest BCUT2D eigenvalue weighted by Crippen LogP contribution is 2.42. The van der Waals surface area contributed by atoms with Crippen molar-refractivity contribution in [2.24, 2.45) is 5.92 Å². The molecule has 0 aromatic heterocycles. The third kappa shape index (κ3) is 4.91. The molecule has 0 N–H and O–H groups in total. The molecule has 3 aromatic carbocycles. The van der Waals surface area contributed by atoms with Crippen LogP contribution < -0.4 is 15.3 Å². The Morgan fingerprint density at radius 3 is 2.11 bits per heavy atom. The van der Waals surface area contributed by atoms with Crippen molar-refractivity contribution in [2.75, 3.05) is 24.6 Å². The fraction of sp³-hybridized carbons (Fsp3) is 0.367. The fourth-order valence-electron chi connectivity index (χ4n) is 5.54. The van der Waals surface area contributed by atoms with Gasteiger partial charge in [0.1, 0.15) is 6.29 Å². The normalized spacial score (nSPS) is 18.9. The highest BCUT2D eigenvalue weighted by molar-refractivity contribution is 9.10. The van der Waals surface area contributed by atoms with Gasteiger partial charge in [0.25, 0.3) is 8.32 Å². The number of aldehydes is 1. The highest BCUT2D eigenvalue weighted by Gasteiger charge is 2.50. The molecule has 0 bridgehead atoms. The number of carbonyl (C=O) groups is 1. The molecule has 0 aliphatic carbocycles. The van der Waals surface area contributed by atoms with Crippen LogP contribution in [0.5, 0.6) is 0 Å². The summed E-state index contributed by atoms with van der Waals surface area (Å²) in [4.78, 5) is 14.4. The Balaban J connectivity index is 1.62. The smallest absolute Gasteiger partial charge is 0.261 e.